The van der Waals surface area contributed by atoms with E-state index in [1.54, 1.807) is 0 Å². The SMILES string of the molecule is CC(C)[C@@H]1CC[C@@H](C)C[C@H]1OC(=O)[C@H]1C[C@@H]1COCc1ccccc1. The maximum Gasteiger partial charge on any atom is 0.309 e. The van der Waals surface area contributed by atoms with E-state index in [9.17, 15) is 4.79 Å². The first kappa shape index (κ1) is 18.4. The average Bonchev–Trinajstić information content (AvgIpc) is 3.35. The summed E-state index contributed by atoms with van der Waals surface area (Å²) < 4.78 is 11.7. The molecule has 0 aliphatic heterocycles. The van der Waals surface area contributed by atoms with E-state index in [2.05, 4.69) is 32.9 Å². The van der Waals surface area contributed by atoms with Gasteiger partial charge in [0.1, 0.15) is 6.10 Å². The van der Waals surface area contributed by atoms with Gasteiger partial charge in [0.15, 0.2) is 0 Å². The molecule has 0 amide bonds. The van der Waals surface area contributed by atoms with Gasteiger partial charge >= 0.3 is 5.97 Å². The van der Waals surface area contributed by atoms with Crippen LogP contribution >= 0.6 is 0 Å². The summed E-state index contributed by atoms with van der Waals surface area (Å²) >= 11 is 0. The highest BCUT2D eigenvalue weighted by atomic mass is 16.5. The lowest BCUT2D eigenvalue weighted by Crippen LogP contribution is -2.36. The Labute approximate surface area is 152 Å². The summed E-state index contributed by atoms with van der Waals surface area (Å²) in [5.41, 5.74) is 1.18. The van der Waals surface area contributed by atoms with Crippen LogP contribution in [-0.4, -0.2) is 18.7 Å². The molecular weight excluding hydrogens is 312 g/mol. The molecule has 2 aliphatic carbocycles. The van der Waals surface area contributed by atoms with Gasteiger partial charge in [0.2, 0.25) is 0 Å². The first-order valence-electron chi connectivity index (χ1n) is 9.86. The minimum Gasteiger partial charge on any atom is -0.462 e. The van der Waals surface area contributed by atoms with Gasteiger partial charge in [-0.2, -0.15) is 0 Å². The molecule has 2 fully saturated rings. The first-order valence-corrected chi connectivity index (χ1v) is 9.86. The van der Waals surface area contributed by atoms with Crippen LogP contribution in [0.2, 0.25) is 0 Å². The Bertz CT molecular complexity index is 554. The second kappa shape index (κ2) is 8.35. The van der Waals surface area contributed by atoms with E-state index < -0.39 is 0 Å². The van der Waals surface area contributed by atoms with E-state index in [0.29, 0.717) is 36.9 Å². The third-order valence-electron chi connectivity index (χ3n) is 5.90. The molecule has 2 aliphatic rings. The highest BCUT2D eigenvalue weighted by Gasteiger charge is 2.46. The van der Waals surface area contributed by atoms with Gasteiger partial charge in [0.25, 0.3) is 0 Å². The summed E-state index contributed by atoms with van der Waals surface area (Å²) in [6.45, 7) is 8.05. The molecule has 0 aromatic heterocycles. The second-order valence-electron chi connectivity index (χ2n) is 8.40. The molecule has 25 heavy (non-hydrogen) atoms. The number of carbonyl (C=O) groups excluding carboxylic acids is 1. The van der Waals surface area contributed by atoms with E-state index in [-0.39, 0.29) is 18.0 Å². The van der Waals surface area contributed by atoms with Crippen molar-refractivity contribution in [3.8, 4) is 0 Å². The average molecular weight is 344 g/mol. The number of rotatable bonds is 7. The normalized spacial score (nSPS) is 31.8. The van der Waals surface area contributed by atoms with Crippen molar-refractivity contribution in [2.75, 3.05) is 6.61 Å². The molecule has 2 saturated carbocycles. The Balaban J connectivity index is 1.41. The van der Waals surface area contributed by atoms with Crippen LogP contribution in [0.5, 0.6) is 0 Å². The molecule has 3 heteroatoms. The van der Waals surface area contributed by atoms with E-state index >= 15 is 0 Å². The summed E-state index contributed by atoms with van der Waals surface area (Å²) in [6.07, 6.45) is 4.50. The number of hydrogen-bond donors (Lipinski definition) is 0. The summed E-state index contributed by atoms with van der Waals surface area (Å²) in [7, 11) is 0. The number of ether oxygens (including phenoxy) is 2. The largest absolute Gasteiger partial charge is 0.462 e. The number of esters is 1. The van der Waals surface area contributed by atoms with E-state index in [4.69, 9.17) is 9.47 Å². The molecule has 0 bridgehead atoms. The molecule has 0 spiro atoms. The van der Waals surface area contributed by atoms with Crippen LogP contribution in [-0.2, 0) is 20.9 Å². The van der Waals surface area contributed by atoms with Gasteiger partial charge in [-0.3, -0.25) is 4.79 Å². The standard InChI is InChI=1S/C22H32O3/c1-15(2)19-10-9-16(3)11-21(19)25-22(23)20-12-18(20)14-24-13-17-7-5-4-6-8-17/h4-8,15-16,18-21H,9-14H2,1-3H3/t16-,18-,19+,20+,21-/m1/s1. The molecule has 5 atom stereocenters. The van der Waals surface area contributed by atoms with Gasteiger partial charge in [-0.15, -0.1) is 0 Å². The molecule has 0 saturated heterocycles. The zero-order chi connectivity index (χ0) is 17.8. The number of benzene rings is 1. The van der Waals surface area contributed by atoms with Crippen LogP contribution in [0, 0.1) is 29.6 Å². The zero-order valence-corrected chi connectivity index (χ0v) is 15.8. The van der Waals surface area contributed by atoms with Crippen molar-refractivity contribution in [2.24, 2.45) is 29.6 Å². The smallest absolute Gasteiger partial charge is 0.309 e. The lowest BCUT2D eigenvalue weighted by Gasteiger charge is -2.36. The third kappa shape index (κ3) is 5.07. The fourth-order valence-corrected chi connectivity index (χ4v) is 4.11. The highest BCUT2D eigenvalue weighted by Crippen LogP contribution is 2.42. The van der Waals surface area contributed by atoms with Gasteiger partial charge in [-0.05, 0) is 48.5 Å². The molecule has 0 unspecified atom stereocenters. The number of carbonyl (C=O) groups is 1. The minimum absolute atomic E-state index is 0.0121. The monoisotopic (exact) mass is 344 g/mol. The van der Waals surface area contributed by atoms with E-state index in [1.165, 1.54) is 18.4 Å². The lowest BCUT2D eigenvalue weighted by molar-refractivity contribution is -0.158. The van der Waals surface area contributed by atoms with Crippen molar-refractivity contribution in [3.63, 3.8) is 0 Å². The fourth-order valence-electron chi connectivity index (χ4n) is 4.11. The van der Waals surface area contributed by atoms with Crippen molar-refractivity contribution in [1.82, 2.24) is 0 Å². The highest BCUT2D eigenvalue weighted by molar-refractivity contribution is 5.76. The predicted octanol–water partition coefficient (Wildman–Crippen LogP) is 4.84. The first-order chi connectivity index (χ1) is 12.0. The van der Waals surface area contributed by atoms with Crippen molar-refractivity contribution < 1.29 is 14.3 Å². The molecule has 0 heterocycles. The van der Waals surface area contributed by atoms with Crippen LogP contribution in [0.1, 0.15) is 52.0 Å². The van der Waals surface area contributed by atoms with Crippen molar-refractivity contribution in [2.45, 2.75) is 59.2 Å². The molecular formula is C22H32O3. The van der Waals surface area contributed by atoms with Crippen molar-refractivity contribution in [3.05, 3.63) is 35.9 Å². The van der Waals surface area contributed by atoms with E-state index in [0.717, 1.165) is 12.8 Å². The fraction of sp³-hybridized carbons (Fsp3) is 0.682. The van der Waals surface area contributed by atoms with Crippen LogP contribution in [0.15, 0.2) is 30.3 Å². The third-order valence-corrected chi connectivity index (χ3v) is 5.90. The minimum atomic E-state index is 0.0121. The van der Waals surface area contributed by atoms with Crippen molar-refractivity contribution in [1.29, 1.82) is 0 Å². The van der Waals surface area contributed by atoms with Gasteiger partial charge in [-0.1, -0.05) is 57.5 Å². The second-order valence-corrected chi connectivity index (χ2v) is 8.40. The van der Waals surface area contributed by atoms with Crippen LogP contribution < -0.4 is 0 Å². The lowest BCUT2D eigenvalue weighted by atomic mass is 9.75. The van der Waals surface area contributed by atoms with Gasteiger partial charge in [-0.25, -0.2) is 0 Å². The molecule has 138 valence electrons. The molecule has 3 nitrogen and oxygen atoms in total. The molecule has 1 aromatic rings. The molecule has 0 N–H and O–H groups in total. The van der Waals surface area contributed by atoms with Gasteiger partial charge in [0, 0.05) is 0 Å². The topological polar surface area (TPSA) is 35.5 Å². The predicted molar refractivity (Wildman–Crippen MR) is 98.9 cm³/mol. The quantitative estimate of drug-likeness (QED) is 0.664. The maximum atomic E-state index is 12.5. The van der Waals surface area contributed by atoms with Crippen molar-refractivity contribution >= 4 is 5.97 Å². The van der Waals surface area contributed by atoms with E-state index in [1.807, 2.05) is 18.2 Å². The van der Waals surface area contributed by atoms with Crippen LogP contribution in [0.3, 0.4) is 0 Å². The Kier molecular flexibility index (Phi) is 6.16. The van der Waals surface area contributed by atoms with Gasteiger partial charge in [0.05, 0.1) is 19.1 Å². The van der Waals surface area contributed by atoms with Crippen LogP contribution in [0.4, 0.5) is 0 Å². The number of hydrogen-bond acceptors (Lipinski definition) is 3. The molecule has 1 aromatic carbocycles. The zero-order valence-electron chi connectivity index (χ0n) is 15.8. The summed E-state index contributed by atoms with van der Waals surface area (Å²) in [6, 6.07) is 10.2. The maximum absolute atomic E-state index is 12.5. The Morgan fingerprint density at radius 1 is 1.16 bits per heavy atom. The van der Waals surface area contributed by atoms with Crippen LogP contribution in [0.25, 0.3) is 0 Å². The Hall–Kier alpha value is -1.35. The summed E-state index contributed by atoms with van der Waals surface area (Å²) in [4.78, 5) is 12.5. The summed E-state index contributed by atoms with van der Waals surface area (Å²) in [5, 5.41) is 0. The Morgan fingerprint density at radius 3 is 2.64 bits per heavy atom. The summed E-state index contributed by atoms with van der Waals surface area (Å²) in [5.74, 6) is 2.17. The molecule has 3 rings (SSSR count). The Morgan fingerprint density at radius 2 is 1.92 bits per heavy atom. The van der Waals surface area contributed by atoms with Gasteiger partial charge < -0.3 is 9.47 Å². The molecule has 0 radical (unpaired) electrons.